The minimum atomic E-state index is -0.650. The third kappa shape index (κ3) is 3.72. The molecule has 0 radical (unpaired) electrons. The number of nitrogens with zero attached hydrogens (tertiary/aromatic N) is 3. The van der Waals surface area contributed by atoms with E-state index in [4.69, 9.17) is 5.73 Å². The number of carbonyl (C=O) groups excluding carboxylic acids is 2. The quantitative estimate of drug-likeness (QED) is 0.565. The lowest BCUT2D eigenvalue weighted by Crippen LogP contribution is -2.46. The van der Waals surface area contributed by atoms with Gasteiger partial charge in [0.1, 0.15) is 0 Å². The normalized spacial score (nSPS) is 19.1. The van der Waals surface area contributed by atoms with Crippen LogP contribution in [0.1, 0.15) is 42.6 Å². The average Bonchev–Trinajstić information content (AvgIpc) is 3.10. The fraction of sp³-hybridized carbons (Fsp3) is 0.364. The van der Waals surface area contributed by atoms with Crippen molar-refractivity contribution in [3.05, 3.63) is 47.3 Å². The Morgan fingerprint density at radius 2 is 2.03 bits per heavy atom. The summed E-state index contributed by atoms with van der Waals surface area (Å²) in [4.78, 5) is 31.8. The molecule has 2 aromatic heterocycles. The summed E-state index contributed by atoms with van der Waals surface area (Å²) in [7, 11) is 0. The zero-order valence-electron chi connectivity index (χ0n) is 17.4. The van der Waals surface area contributed by atoms with Crippen LogP contribution in [-0.4, -0.2) is 38.4 Å². The molecular weight excluding hydrogens is 380 g/mol. The van der Waals surface area contributed by atoms with Gasteiger partial charge in [-0.05, 0) is 61.9 Å². The zero-order valence-corrected chi connectivity index (χ0v) is 17.4. The molecule has 30 heavy (non-hydrogen) atoms. The van der Waals surface area contributed by atoms with Crippen molar-refractivity contribution in [1.29, 1.82) is 0 Å². The minimum absolute atomic E-state index is 0.184. The van der Waals surface area contributed by atoms with Crippen LogP contribution >= 0.6 is 0 Å². The largest absolute Gasteiger partial charge is 0.382 e. The van der Waals surface area contributed by atoms with Gasteiger partial charge in [0.15, 0.2) is 5.82 Å². The summed E-state index contributed by atoms with van der Waals surface area (Å²) in [6.07, 6.45) is 3.34. The highest BCUT2D eigenvalue weighted by atomic mass is 16.2. The van der Waals surface area contributed by atoms with E-state index < -0.39 is 11.8 Å². The van der Waals surface area contributed by atoms with Gasteiger partial charge < -0.3 is 16.0 Å². The first-order chi connectivity index (χ1) is 14.3. The molecule has 1 aliphatic rings. The van der Waals surface area contributed by atoms with Crippen molar-refractivity contribution in [2.45, 2.75) is 39.7 Å². The predicted octanol–water partition coefficient (Wildman–Crippen LogP) is 3.10. The number of amides is 2. The van der Waals surface area contributed by atoms with E-state index >= 15 is 0 Å². The number of aromatic amines is 1. The van der Waals surface area contributed by atoms with Crippen LogP contribution < -0.4 is 11.1 Å². The Bertz CT molecular complexity index is 1120. The summed E-state index contributed by atoms with van der Waals surface area (Å²) in [5.74, 6) is -0.439. The molecule has 0 bridgehead atoms. The Labute approximate surface area is 174 Å². The molecule has 8 heteroatoms. The third-order valence-electron chi connectivity index (χ3n) is 5.87. The van der Waals surface area contributed by atoms with E-state index in [1.165, 1.54) is 0 Å². The second-order valence-corrected chi connectivity index (χ2v) is 8.15. The fourth-order valence-electron chi connectivity index (χ4n) is 4.01. The summed E-state index contributed by atoms with van der Waals surface area (Å²) < 4.78 is 0. The number of nitrogens with one attached hydrogen (secondary N) is 2. The molecule has 1 saturated heterocycles. The highest BCUT2D eigenvalue weighted by Crippen LogP contribution is 2.35. The molecule has 1 fully saturated rings. The van der Waals surface area contributed by atoms with Crippen molar-refractivity contribution in [3.8, 4) is 0 Å². The molecule has 4 rings (SSSR count). The number of aromatic nitrogens is 3. The standard InChI is InChI=1S/C22H26N6O2/c1-12-4-7-19(15-5-6-18-17(9-15)20(23)27-26-18)28(11-12)22(30)21(29)25-16-8-13(2)14(3)24-10-16/h5-6,8-10,12,19H,4,7,11H2,1-3H3,(H,25,29)(H3,23,26,27)/t12-,19+/m1/s1. The maximum atomic E-state index is 13.1. The molecule has 1 aliphatic heterocycles. The van der Waals surface area contributed by atoms with Gasteiger partial charge in [0.05, 0.1) is 23.4 Å². The van der Waals surface area contributed by atoms with E-state index in [-0.39, 0.29) is 6.04 Å². The van der Waals surface area contributed by atoms with Crippen LogP contribution in [0.4, 0.5) is 11.5 Å². The lowest BCUT2D eigenvalue weighted by Gasteiger charge is -2.38. The Hall–Kier alpha value is -3.42. The third-order valence-corrected chi connectivity index (χ3v) is 5.87. The Morgan fingerprint density at radius 3 is 2.80 bits per heavy atom. The number of rotatable bonds is 2. The molecule has 156 valence electrons. The second kappa shape index (κ2) is 7.78. The topological polar surface area (TPSA) is 117 Å². The number of fused-ring (bicyclic) bond motifs is 1. The van der Waals surface area contributed by atoms with Gasteiger partial charge in [0.2, 0.25) is 0 Å². The van der Waals surface area contributed by atoms with E-state index in [0.29, 0.717) is 24.0 Å². The lowest BCUT2D eigenvalue weighted by molar-refractivity contribution is -0.146. The van der Waals surface area contributed by atoms with Gasteiger partial charge in [-0.25, -0.2) is 0 Å². The number of carbonyl (C=O) groups is 2. The van der Waals surface area contributed by atoms with Gasteiger partial charge in [-0.3, -0.25) is 19.7 Å². The molecule has 0 aliphatic carbocycles. The first-order valence-corrected chi connectivity index (χ1v) is 10.1. The molecule has 4 N–H and O–H groups in total. The summed E-state index contributed by atoms with van der Waals surface area (Å²) in [5, 5.41) is 10.5. The lowest BCUT2D eigenvalue weighted by atomic mass is 9.89. The van der Waals surface area contributed by atoms with Crippen LogP contribution in [0.2, 0.25) is 0 Å². The average molecular weight is 406 g/mol. The zero-order chi connectivity index (χ0) is 21.4. The van der Waals surface area contributed by atoms with Crippen molar-refractivity contribution < 1.29 is 9.59 Å². The molecule has 1 aromatic carbocycles. The number of aryl methyl sites for hydroxylation is 2. The number of anilines is 2. The summed E-state index contributed by atoms with van der Waals surface area (Å²) in [5.41, 5.74) is 10.1. The number of pyridine rings is 1. The number of nitrogen functional groups attached to an aromatic ring is 1. The van der Waals surface area contributed by atoms with E-state index in [9.17, 15) is 9.59 Å². The van der Waals surface area contributed by atoms with E-state index in [1.54, 1.807) is 11.1 Å². The molecule has 0 spiro atoms. The SMILES string of the molecule is Cc1cc(NC(=O)C(=O)N2C[C@H](C)CC[C@H]2c2ccc3[nH]nc(N)c3c2)cnc1C. The van der Waals surface area contributed by atoms with E-state index in [1.807, 2.05) is 38.1 Å². The summed E-state index contributed by atoms with van der Waals surface area (Å²) in [6, 6.07) is 7.47. The second-order valence-electron chi connectivity index (χ2n) is 8.15. The van der Waals surface area contributed by atoms with Gasteiger partial charge in [-0.1, -0.05) is 13.0 Å². The number of benzene rings is 1. The van der Waals surface area contributed by atoms with Crippen LogP contribution in [0, 0.1) is 19.8 Å². The highest BCUT2D eigenvalue weighted by molar-refractivity contribution is 6.39. The monoisotopic (exact) mass is 406 g/mol. The van der Waals surface area contributed by atoms with Crippen molar-refractivity contribution in [1.82, 2.24) is 20.1 Å². The van der Waals surface area contributed by atoms with Crippen molar-refractivity contribution in [2.75, 3.05) is 17.6 Å². The van der Waals surface area contributed by atoms with Crippen LogP contribution in [0.3, 0.4) is 0 Å². The minimum Gasteiger partial charge on any atom is -0.382 e. The van der Waals surface area contributed by atoms with E-state index in [2.05, 4.69) is 27.4 Å². The Balaban J connectivity index is 1.59. The molecule has 0 saturated carbocycles. The fourth-order valence-corrected chi connectivity index (χ4v) is 4.01. The van der Waals surface area contributed by atoms with Gasteiger partial charge in [-0.15, -0.1) is 0 Å². The van der Waals surface area contributed by atoms with Crippen LogP contribution in [0.15, 0.2) is 30.5 Å². The van der Waals surface area contributed by atoms with Crippen molar-refractivity contribution in [2.24, 2.45) is 5.92 Å². The van der Waals surface area contributed by atoms with Crippen molar-refractivity contribution in [3.63, 3.8) is 0 Å². The smallest absolute Gasteiger partial charge is 0.313 e. The van der Waals surface area contributed by atoms with Crippen LogP contribution in [0.5, 0.6) is 0 Å². The number of piperidine rings is 1. The van der Waals surface area contributed by atoms with Crippen molar-refractivity contribution >= 4 is 34.2 Å². The predicted molar refractivity (Wildman–Crippen MR) is 116 cm³/mol. The number of H-pyrrole nitrogens is 1. The van der Waals surface area contributed by atoms with Crippen LogP contribution in [0.25, 0.3) is 10.9 Å². The first kappa shape index (κ1) is 19.9. The Morgan fingerprint density at radius 1 is 1.23 bits per heavy atom. The highest BCUT2D eigenvalue weighted by Gasteiger charge is 2.34. The molecular formula is C22H26N6O2. The van der Waals surface area contributed by atoms with Gasteiger partial charge in [0.25, 0.3) is 0 Å². The molecule has 8 nitrogen and oxygen atoms in total. The van der Waals surface area contributed by atoms with Gasteiger partial charge in [-0.2, -0.15) is 5.10 Å². The number of nitrogens with two attached hydrogens (primary N) is 1. The summed E-state index contributed by atoms with van der Waals surface area (Å²) >= 11 is 0. The maximum absolute atomic E-state index is 13.1. The molecule has 2 amide bonds. The molecule has 3 heterocycles. The Kier molecular flexibility index (Phi) is 5.15. The maximum Gasteiger partial charge on any atom is 0.313 e. The molecule has 0 unspecified atom stereocenters. The number of hydrogen-bond donors (Lipinski definition) is 3. The van der Waals surface area contributed by atoms with E-state index in [0.717, 1.165) is 40.6 Å². The van der Waals surface area contributed by atoms with Crippen LogP contribution in [-0.2, 0) is 9.59 Å². The first-order valence-electron chi connectivity index (χ1n) is 10.1. The van der Waals surface area contributed by atoms with Gasteiger partial charge in [0, 0.05) is 17.6 Å². The molecule has 2 atom stereocenters. The number of hydrogen-bond acceptors (Lipinski definition) is 5. The van der Waals surface area contributed by atoms with Gasteiger partial charge >= 0.3 is 11.8 Å². The summed E-state index contributed by atoms with van der Waals surface area (Å²) in [6.45, 7) is 6.44. The number of likely N-dealkylation sites (tertiary alicyclic amines) is 1. The molecule has 3 aromatic rings.